The number of nitrogens with zero attached hydrogens (tertiary/aromatic N) is 1. The van der Waals surface area contributed by atoms with Gasteiger partial charge in [-0.1, -0.05) is 18.9 Å². The Morgan fingerprint density at radius 1 is 1.32 bits per heavy atom. The summed E-state index contributed by atoms with van der Waals surface area (Å²) in [7, 11) is 0. The third kappa shape index (κ3) is 2.62. The Bertz CT molecular complexity index is 417. The lowest BCUT2D eigenvalue weighted by atomic mass is 9.87. The van der Waals surface area contributed by atoms with Crippen molar-refractivity contribution in [1.82, 2.24) is 4.90 Å². The molecule has 1 aromatic heterocycles. The van der Waals surface area contributed by atoms with Crippen LogP contribution in [0.3, 0.4) is 0 Å². The number of carbonyl (C=O) groups is 1. The Morgan fingerprint density at radius 2 is 2.05 bits per heavy atom. The molecule has 104 valence electrons. The minimum absolute atomic E-state index is 0.187. The van der Waals surface area contributed by atoms with E-state index in [0.717, 1.165) is 39.1 Å². The molecule has 4 heteroatoms. The highest BCUT2D eigenvalue weighted by Gasteiger charge is 2.45. The van der Waals surface area contributed by atoms with E-state index in [1.807, 2.05) is 6.07 Å². The second-order valence-electron chi connectivity index (χ2n) is 5.52. The molecule has 0 bridgehead atoms. The summed E-state index contributed by atoms with van der Waals surface area (Å²) in [6.45, 7) is 3.37. The molecule has 1 aliphatic carbocycles. The number of ether oxygens (including phenoxy) is 1. The van der Waals surface area contributed by atoms with Crippen molar-refractivity contribution < 1.29 is 9.53 Å². The summed E-state index contributed by atoms with van der Waals surface area (Å²) >= 11 is 1.69. The van der Waals surface area contributed by atoms with Gasteiger partial charge in [-0.3, -0.25) is 9.69 Å². The number of morpholine rings is 1. The number of hydrogen-bond donors (Lipinski definition) is 0. The van der Waals surface area contributed by atoms with Gasteiger partial charge < -0.3 is 4.74 Å². The summed E-state index contributed by atoms with van der Waals surface area (Å²) in [4.78, 5) is 16.5. The summed E-state index contributed by atoms with van der Waals surface area (Å²) in [5, 5.41) is 2.05. The van der Waals surface area contributed by atoms with Crippen LogP contribution in [-0.2, 0) is 16.0 Å². The van der Waals surface area contributed by atoms with Crippen molar-refractivity contribution in [2.24, 2.45) is 0 Å². The fourth-order valence-corrected chi connectivity index (χ4v) is 4.16. The van der Waals surface area contributed by atoms with E-state index in [9.17, 15) is 4.79 Å². The fourth-order valence-electron chi connectivity index (χ4n) is 3.46. The van der Waals surface area contributed by atoms with Crippen LogP contribution in [0.4, 0.5) is 0 Å². The van der Waals surface area contributed by atoms with Gasteiger partial charge in [-0.25, -0.2) is 0 Å². The Kier molecular flexibility index (Phi) is 4.01. The van der Waals surface area contributed by atoms with Crippen molar-refractivity contribution in [3.8, 4) is 0 Å². The Balaban J connectivity index is 1.77. The highest BCUT2D eigenvalue weighted by molar-refractivity contribution is 7.10. The van der Waals surface area contributed by atoms with Crippen LogP contribution in [0.2, 0.25) is 0 Å². The molecule has 0 radical (unpaired) electrons. The van der Waals surface area contributed by atoms with Crippen molar-refractivity contribution in [3.05, 3.63) is 22.4 Å². The summed E-state index contributed by atoms with van der Waals surface area (Å²) in [6.07, 6.45) is 5.06. The van der Waals surface area contributed by atoms with E-state index < -0.39 is 0 Å². The smallest absolute Gasteiger partial charge is 0.158 e. The van der Waals surface area contributed by atoms with Crippen LogP contribution in [-0.4, -0.2) is 42.5 Å². The van der Waals surface area contributed by atoms with E-state index in [1.165, 1.54) is 17.7 Å². The maximum absolute atomic E-state index is 12.9. The zero-order valence-corrected chi connectivity index (χ0v) is 12.1. The molecule has 0 N–H and O–H groups in total. The topological polar surface area (TPSA) is 29.5 Å². The molecule has 1 aliphatic heterocycles. The molecule has 2 fully saturated rings. The third-order valence-electron chi connectivity index (χ3n) is 4.48. The number of hydrogen-bond acceptors (Lipinski definition) is 4. The van der Waals surface area contributed by atoms with Crippen LogP contribution in [0.5, 0.6) is 0 Å². The molecule has 0 atom stereocenters. The van der Waals surface area contributed by atoms with Crippen LogP contribution in [0.15, 0.2) is 17.5 Å². The second-order valence-corrected chi connectivity index (χ2v) is 6.55. The van der Waals surface area contributed by atoms with E-state index in [2.05, 4.69) is 16.3 Å². The number of ketones is 1. The SMILES string of the molecule is O=C(Cc1cccs1)C1(N2CCOCC2)CCCC1. The Hall–Kier alpha value is -0.710. The number of Topliss-reactive ketones (excluding diaryl/α,β-unsaturated/α-hetero) is 1. The summed E-state index contributed by atoms with van der Waals surface area (Å²) in [5.74, 6) is 0.425. The zero-order chi connectivity index (χ0) is 13.1. The lowest BCUT2D eigenvalue weighted by molar-refractivity contribution is -0.133. The van der Waals surface area contributed by atoms with Gasteiger partial charge in [0.25, 0.3) is 0 Å². The maximum Gasteiger partial charge on any atom is 0.158 e. The van der Waals surface area contributed by atoms with Crippen molar-refractivity contribution >= 4 is 17.1 Å². The Morgan fingerprint density at radius 3 is 2.68 bits per heavy atom. The highest BCUT2D eigenvalue weighted by atomic mass is 32.1. The number of rotatable bonds is 4. The van der Waals surface area contributed by atoms with Gasteiger partial charge in [0.1, 0.15) is 0 Å². The maximum atomic E-state index is 12.9. The van der Waals surface area contributed by atoms with Crippen LogP contribution in [0.25, 0.3) is 0 Å². The summed E-state index contributed by atoms with van der Waals surface area (Å²) < 4.78 is 5.44. The fraction of sp³-hybridized carbons (Fsp3) is 0.667. The van der Waals surface area contributed by atoms with Gasteiger partial charge in [-0.05, 0) is 24.3 Å². The molecule has 1 saturated carbocycles. The normalized spacial score (nSPS) is 23.6. The lowest BCUT2D eigenvalue weighted by Gasteiger charge is -2.42. The quantitative estimate of drug-likeness (QED) is 0.848. The molecule has 0 amide bonds. The number of carbonyl (C=O) groups excluding carboxylic acids is 1. The molecular weight excluding hydrogens is 258 g/mol. The summed E-state index contributed by atoms with van der Waals surface area (Å²) in [6, 6.07) is 4.11. The van der Waals surface area contributed by atoms with Gasteiger partial charge in [0.15, 0.2) is 5.78 Å². The van der Waals surface area contributed by atoms with Gasteiger partial charge in [0.05, 0.1) is 18.8 Å². The van der Waals surface area contributed by atoms with Gasteiger partial charge in [0, 0.05) is 24.4 Å². The van der Waals surface area contributed by atoms with Crippen molar-refractivity contribution in [1.29, 1.82) is 0 Å². The van der Waals surface area contributed by atoms with Crippen molar-refractivity contribution in [2.75, 3.05) is 26.3 Å². The Labute approximate surface area is 118 Å². The van der Waals surface area contributed by atoms with E-state index in [1.54, 1.807) is 11.3 Å². The van der Waals surface area contributed by atoms with Gasteiger partial charge in [-0.15, -0.1) is 11.3 Å². The third-order valence-corrected chi connectivity index (χ3v) is 5.36. The molecule has 2 heterocycles. The van der Waals surface area contributed by atoms with E-state index in [0.29, 0.717) is 12.2 Å². The molecule has 2 aliphatic rings. The van der Waals surface area contributed by atoms with Crippen molar-refractivity contribution in [3.63, 3.8) is 0 Å². The molecular formula is C15H21NO2S. The summed E-state index contributed by atoms with van der Waals surface area (Å²) in [5.41, 5.74) is -0.187. The second kappa shape index (κ2) is 5.73. The van der Waals surface area contributed by atoms with Crippen LogP contribution < -0.4 is 0 Å². The average molecular weight is 279 g/mol. The average Bonchev–Trinajstić information content (AvgIpc) is 3.11. The van der Waals surface area contributed by atoms with E-state index in [4.69, 9.17) is 4.74 Å². The first-order valence-corrected chi connectivity index (χ1v) is 8.08. The van der Waals surface area contributed by atoms with E-state index in [-0.39, 0.29) is 5.54 Å². The van der Waals surface area contributed by atoms with Crippen LogP contribution >= 0.6 is 11.3 Å². The standard InChI is InChI=1S/C15H21NO2S/c17-14(12-13-4-3-11-19-13)15(5-1-2-6-15)16-7-9-18-10-8-16/h3-4,11H,1-2,5-10,12H2. The molecule has 1 saturated heterocycles. The first-order chi connectivity index (χ1) is 9.31. The first-order valence-electron chi connectivity index (χ1n) is 7.20. The minimum atomic E-state index is -0.187. The molecule has 0 aromatic carbocycles. The van der Waals surface area contributed by atoms with Gasteiger partial charge in [0.2, 0.25) is 0 Å². The number of thiophene rings is 1. The lowest BCUT2D eigenvalue weighted by Crippen LogP contribution is -2.57. The van der Waals surface area contributed by atoms with Crippen LogP contribution in [0, 0.1) is 0 Å². The van der Waals surface area contributed by atoms with Gasteiger partial charge >= 0.3 is 0 Å². The van der Waals surface area contributed by atoms with E-state index >= 15 is 0 Å². The van der Waals surface area contributed by atoms with Crippen LogP contribution in [0.1, 0.15) is 30.6 Å². The molecule has 0 unspecified atom stereocenters. The van der Waals surface area contributed by atoms with Gasteiger partial charge in [-0.2, -0.15) is 0 Å². The van der Waals surface area contributed by atoms with Crippen molar-refractivity contribution in [2.45, 2.75) is 37.6 Å². The first kappa shape index (κ1) is 13.3. The highest BCUT2D eigenvalue weighted by Crippen LogP contribution is 2.37. The zero-order valence-electron chi connectivity index (χ0n) is 11.3. The minimum Gasteiger partial charge on any atom is -0.379 e. The molecule has 3 nitrogen and oxygen atoms in total. The molecule has 0 spiro atoms. The molecule has 19 heavy (non-hydrogen) atoms. The monoisotopic (exact) mass is 279 g/mol. The predicted molar refractivity (Wildman–Crippen MR) is 76.6 cm³/mol. The largest absolute Gasteiger partial charge is 0.379 e. The predicted octanol–water partition coefficient (Wildman–Crippen LogP) is 2.50. The molecule has 3 rings (SSSR count). The molecule has 1 aromatic rings.